The third-order valence-electron chi connectivity index (χ3n) is 4.18. The van der Waals surface area contributed by atoms with E-state index in [2.05, 4.69) is 36.5 Å². The summed E-state index contributed by atoms with van der Waals surface area (Å²) in [5.74, 6) is -0.112. The topological polar surface area (TPSA) is 38.3 Å². The maximum Gasteiger partial charge on any atom is 0.326 e. The lowest BCUT2D eigenvalue weighted by molar-refractivity contribution is -0.150. The van der Waals surface area contributed by atoms with Crippen LogP contribution in [0, 0.1) is 6.92 Å². The van der Waals surface area contributed by atoms with Gasteiger partial charge in [0, 0.05) is 10.1 Å². The summed E-state index contributed by atoms with van der Waals surface area (Å²) in [6, 6.07) is 8.46. The minimum atomic E-state index is -0.498. The van der Waals surface area contributed by atoms with Crippen LogP contribution < -0.4 is 5.32 Å². The molecule has 0 aromatic heterocycles. The molecule has 2 rings (SSSR count). The molecule has 4 heteroatoms. The second kappa shape index (κ2) is 7.32. The van der Waals surface area contributed by atoms with Gasteiger partial charge in [-0.3, -0.25) is 4.79 Å². The molecule has 2 unspecified atom stereocenters. The fraction of sp³-hybridized carbons (Fsp3) is 0.588. The number of aryl methyl sites for hydroxylation is 1. The Kier molecular flexibility index (Phi) is 5.71. The van der Waals surface area contributed by atoms with Crippen LogP contribution in [0.4, 0.5) is 0 Å². The van der Waals surface area contributed by atoms with E-state index in [-0.39, 0.29) is 5.97 Å². The molecule has 0 heterocycles. The molecule has 1 aromatic rings. The van der Waals surface area contributed by atoms with Crippen molar-refractivity contribution >= 4 is 17.7 Å². The van der Waals surface area contributed by atoms with Crippen molar-refractivity contribution in [3.8, 4) is 0 Å². The predicted molar refractivity (Wildman–Crippen MR) is 87.7 cm³/mol. The molecule has 1 aliphatic carbocycles. The van der Waals surface area contributed by atoms with Crippen molar-refractivity contribution < 1.29 is 9.53 Å². The van der Waals surface area contributed by atoms with Gasteiger partial charge in [-0.2, -0.15) is 0 Å². The highest BCUT2D eigenvalue weighted by molar-refractivity contribution is 8.00. The van der Waals surface area contributed by atoms with Gasteiger partial charge in [-0.1, -0.05) is 25.1 Å². The van der Waals surface area contributed by atoms with Crippen LogP contribution in [0.3, 0.4) is 0 Å². The first kappa shape index (κ1) is 16.4. The van der Waals surface area contributed by atoms with Gasteiger partial charge in [0.15, 0.2) is 0 Å². The largest absolute Gasteiger partial charge is 0.468 e. The molecule has 1 aromatic carbocycles. The molecule has 0 bridgehead atoms. The third-order valence-corrected chi connectivity index (χ3v) is 5.63. The Balaban J connectivity index is 2.12. The summed E-state index contributed by atoms with van der Waals surface area (Å²) in [5, 5.41) is 3.85. The molecule has 1 saturated carbocycles. The van der Waals surface area contributed by atoms with Crippen LogP contribution in [0.5, 0.6) is 0 Å². The van der Waals surface area contributed by atoms with Crippen molar-refractivity contribution in [2.45, 2.75) is 55.2 Å². The number of esters is 1. The van der Waals surface area contributed by atoms with Gasteiger partial charge in [-0.25, -0.2) is 0 Å². The van der Waals surface area contributed by atoms with Gasteiger partial charge in [0.2, 0.25) is 0 Å². The zero-order valence-corrected chi connectivity index (χ0v) is 14.0. The molecule has 3 nitrogen and oxygen atoms in total. The highest BCUT2D eigenvalue weighted by Crippen LogP contribution is 2.39. The highest BCUT2D eigenvalue weighted by Gasteiger charge is 2.43. The molecule has 0 spiro atoms. The van der Waals surface area contributed by atoms with Crippen LogP contribution in [0.1, 0.15) is 38.2 Å². The van der Waals surface area contributed by atoms with Crippen molar-refractivity contribution in [3.05, 3.63) is 29.8 Å². The van der Waals surface area contributed by atoms with Gasteiger partial charge in [0.05, 0.1) is 7.11 Å². The van der Waals surface area contributed by atoms with Gasteiger partial charge in [0.1, 0.15) is 5.54 Å². The van der Waals surface area contributed by atoms with Crippen molar-refractivity contribution in [1.29, 1.82) is 0 Å². The Labute approximate surface area is 131 Å². The molecule has 2 atom stereocenters. The van der Waals surface area contributed by atoms with E-state index in [0.717, 1.165) is 32.2 Å². The smallest absolute Gasteiger partial charge is 0.326 e. The number of hydrogen-bond acceptors (Lipinski definition) is 4. The molecular formula is C17H25NO2S. The van der Waals surface area contributed by atoms with Crippen LogP contribution in [-0.2, 0) is 9.53 Å². The van der Waals surface area contributed by atoms with Crippen LogP contribution >= 0.6 is 11.8 Å². The van der Waals surface area contributed by atoms with Gasteiger partial charge >= 0.3 is 5.97 Å². The van der Waals surface area contributed by atoms with E-state index in [1.165, 1.54) is 17.6 Å². The van der Waals surface area contributed by atoms with E-state index >= 15 is 0 Å². The van der Waals surface area contributed by atoms with E-state index < -0.39 is 5.54 Å². The van der Waals surface area contributed by atoms with Crippen LogP contribution in [-0.4, -0.2) is 30.4 Å². The molecule has 0 radical (unpaired) electrons. The number of carbonyl (C=O) groups is 1. The van der Waals surface area contributed by atoms with E-state index in [9.17, 15) is 4.79 Å². The number of thioether (sulfide) groups is 1. The number of nitrogens with one attached hydrogen (secondary N) is 1. The van der Waals surface area contributed by atoms with Crippen LogP contribution in [0.15, 0.2) is 29.2 Å². The summed E-state index contributed by atoms with van der Waals surface area (Å²) in [6.07, 6.45) is 3.93. The standard InChI is InChI=1S/C17H25NO2S/c1-4-18-17(16(19)20-3)11-7-9-14(12-17)21-15-10-6-5-8-13(15)2/h5-6,8,10,14,18H,4,7,9,11-12H2,1-3H3. The number of carbonyl (C=O) groups excluding carboxylic acids is 1. The summed E-state index contributed by atoms with van der Waals surface area (Å²) in [6.45, 7) is 4.97. The SMILES string of the molecule is CCNC1(C(=O)OC)CCCC(Sc2ccccc2C)C1. The van der Waals surface area contributed by atoms with E-state index in [1.54, 1.807) is 0 Å². The lowest BCUT2D eigenvalue weighted by Crippen LogP contribution is -2.55. The molecule has 1 aliphatic rings. The van der Waals surface area contributed by atoms with Crippen molar-refractivity contribution in [3.63, 3.8) is 0 Å². The monoisotopic (exact) mass is 307 g/mol. The summed E-state index contributed by atoms with van der Waals surface area (Å²) < 4.78 is 5.06. The molecule has 1 N–H and O–H groups in total. The maximum absolute atomic E-state index is 12.2. The first-order chi connectivity index (χ1) is 10.1. The average Bonchev–Trinajstić information content (AvgIpc) is 2.49. The Bertz CT molecular complexity index is 487. The molecule has 21 heavy (non-hydrogen) atoms. The summed E-state index contributed by atoms with van der Waals surface area (Å²) in [4.78, 5) is 13.6. The Morgan fingerprint density at radius 2 is 2.24 bits per heavy atom. The molecule has 0 amide bonds. The number of benzene rings is 1. The molecule has 1 fully saturated rings. The first-order valence-corrected chi connectivity index (χ1v) is 8.55. The fourth-order valence-electron chi connectivity index (χ4n) is 3.14. The number of likely N-dealkylation sites (N-methyl/N-ethyl adjacent to an activating group) is 1. The Hall–Kier alpha value is -1.00. The molecule has 0 aliphatic heterocycles. The Morgan fingerprint density at radius 1 is 1.48 bits per heavy atom. The fourth-order valence-corrected chi connectivity index (χ4v) is 4.57. The lowest BCUT2D eigenvalue weighted by Gasteiger charge is -2.39. The number of methoxy groups -OCH3 is 1. The third kappa shape index (κ3) is 3.80. The van der Waals surface area contributed by atoms with E-state index in [4.69, 9.17) is 4.74 Å². The van der Waals surface area contributed by atoms with Crippen molar-refractivity contribution in [1.82, 2.24) is 5.32 Å². The predicted octanol–water partition coefficient (Wildman–Crippen LogP) is 3.55. The van der Waals surface area contributed by atoms with Crippen LogP contribution in [0.2, 0.25) is 0 Å². The van der Waals surface area contributed by atoms with Crippen molar-refractivity contribution in [2.75, 3.05) is 13.7 Å². The van der Waals surface area contributed by atoms with Crippen molar-refractivity contribution in [2.24, 2.45) is 0 Å². The van der Waals surface area contributed by atoms with Gasteiger partial charge in [-0.15, -0.1) is 11.8 Å². The summed E-state index contributed by atoms with van der Waals surface area (Å²) in [5.41, 5.74) is 0.808. The van der Waals surface area contributed by atoms with E-state index in [1.807, 2.05) is 18.7 Å². The summed E-state index contributed by atoms with van der Waals surface area (Å²) >= 11 is 1.90. The van der Waals surface area contributed by atoms with E-state index in [0.29, 0.717) is 5.25 Å². The van der Waals surface area contributed by atoms with Gasteiger partial charge in [0.25, 0.3) is 0 Å². The van der Waals surface area contributed by atoms with Gasteiger partial charge in [-0.05, 0) is 50.8 Å². The number of rotatable bonds is 5. The first-order valence-electron chi connectivity index (χ1n) is 7.67. The zero-order valence-electron chi connectivity index (χ0n) is 13.1. The molecule has 116 valence electrons. The minimum Gasteiger partial charge on any atom is -0.468 e. The average molecular weight is 307 g/mol. The molecule has 0 saturated heterocycles. The summed E-state index contributed by atoms with van der Waals surface area (Å²) in [7, 11) is 1.49. The molecular weight excluding hydrogens is 282 g/mol. The van der Waals surface area contributed by atoms with Crippen LogP contribution in [0.25, 0.3) is 0 Å². The number of hydrogen-bond donors (Lipinski definition) is 1. The maximum atomic E-state index is 12.2. The lowest BCUT2D eigenvalue weighted by atomic mass is 9.81. The quantitative estimate of drug-likeness (QED) is 0.844. The van der Waals surface area contributed by atoms with Gasteiger partial charge < -0.3 is 10.1 Å². The Morgan fingerprint density at radius 3 is 2.90 bits per heavy atom. The second-order valence-electron chi connectivity index (χ2n) is 5.71. The minimum absolute atomic E-state index is 0.112. The normalized spacial score (nSPS) is 25.6. The number of ether oxygens (including phenoxy) is 1. The second-order valence-corrected chi connectivity index (χ2v) is 7.05. The zero-order chi connectivity index (χ0) is 15.3. The highest BCUT2D eigenvalue weighted by atomic mass is 32.2.